The van der Waals surface area contributed by atoms with Crippen LogP contribution in [0.3, 0.4) is 0 Å². The van der Waals surface area contributed by atoms with E-state index in [1.807, 2.05) is 10.7 Å². The minimum absolute atomic E-state index is 0.616. The Labute approximate surface area is 117 Å². The molecule has 0 unspecified atom stereocenters. The van der Waals surface area contributed by atoms with Gasteiger partial charge in [0.05, 0.1) is 0 Å². The van der Waals surface area contributed by atoms with E-state index in [9.17, 15) is 0 Å². The zero-order valence-corrected chi connectivity index (χ0v) is 11.8. The summed E-state index contributed by atoms with van der Waals surface area (Å²) in [6.07, 6.45) is 7.40. The summed E-state index contributed by atoms with van der Waals surface area (Å²) in [5.41, 5.74) is 3.21. The first-order valence-electron chi connectivity index (χ1n) is 6.87. The Morgan fingerprint density at radius 2 is 2.05 bits per heavy atom. The van der Waals surface area contributed by atoms with Crippen molar-refractivity contribution in [3.63, 3.8) is 0 Å². The van der Waals surface area contributed by atoms with E-state index >= 15 is 0 Å². The fraction of sp³-hybridized carbons (Fsp3) is 0.500. The van der Waals surface area contributed by atoms with Crippen LogP contribution in [0.2, 0.25) is 5.15 Å². The average molecular weight is 277 g/mol. The molecule has 2 heterocycles. The van der Waals surface area contributed by atoms with Gasteiger partial charge in [0, 0.05) is 24.0 Å². The van der Waals surface area contributed by atoms with Gasteiger partial charge in [0.1, 0.15) is 10.8 Å². The number of nitrogens with zero attached hydrogens (tertiary/aromatic N) is 4. The van der Waals surface area contributed by atoms with E-state index in [1.54, 1.807) is 6.20 Å². The molecule has 0 saturated heterocycles. The summed E-state index contributed by atoms with van der Waals surface area (Å²) in [7, 11) is 0. The molecule has 1 aliphatic rings. The molecule has 0 fully saturated rings. The molecular formula is C14H17ClN4. The van der Waals surface area contributed by atoms with E-state index in [1.165, 1.54) is 19.3 Å². The van der Waals surface area contributed by atoms with Gasteiger partial charge in [-0.3, -0.25) is 4.68 Å². The molecule has 0 aliphatic heterocycles. The van der Waals surface area contributed by atoms with Crippen LogP contribution in [0, 0.1) is 0 Å². The minimum atomic E-state index is 0.616. The van der Waals surface area contributed by atoms with E-state index in [2.05, 4.69) is 17.0 Å². The highest BCUT2D eigenvalue weighted by molar-refractivity contribution is 6.30. The largest absolute Gasteiger partial charge is 0.262 e. The molecule has 0 saturated carbocycles. The van der Waals surface area contributed by atoms with Gasteiger partial charge in [-0.15, -0.1) is 0 Å². The molecule has 4 nitrogen and oxygen atoms in total. The van der Waals surface area contributed by atoms with E-state index in [0.717, 1.165) is 36.3 Å². The molecule has 0 N–H and O–H groups in total. The second-order valence-corrected chi connectivity index (χ2v) is 5.21. The second kappa shape index (κ2) is 5.29. The van der Waals surface area contributed by atoms with E-state index in [-0.39, 0.29) is 0 Å². The minimum Gasteiger partial charge on any atom is -0.262 e. The lowest BCUT2D eigenvalue weighted by Crippen LogP contribution is -2.06. The van der Waals surface area contributed by atoms with Crippen LogP contribution in [0.1, 0.15) is 37.4 Å². The molecule has 100 valence electrons. The summed E-state index contributed by atoms with van der Waals surface area (Å²) < 4.78 is 1.90. The van der Waals surface area contributed by atoms with Crippen LogP contribution in [0.15, 0.2) is 12.3 Å². The quantitative estimate of drug-likeness (QED) is 0.624. The van der Waals surface area contributed by atoms with E-state index < -0.39 is 0 Å². The molecule has 2 aromatic rings. The van der Waals surface area contributed by atoms with Crippen molar-refractivity contribution < 1.29 is 0 Å². The maximum Gasteiger partial charge on any atom is 0.179 e. The maximum absolute atomic E-state index is 6.35. The predicted octanol–water partition coefficient (Wildman–Crippen LogP) is 3.28. The lowest BCUT2D eigenvalue weighted by molar-refractivity contribution is 0.663. The van der Waals surface area contributed by atoms with Crippen LogP contribution < -0.4 is 0 Å². The fourth-order valence-corrected chi connectivity index (χ4v) is 2.90. The fourth-order valence-electron chi connectivity index (χ4n) is 2.61. The Morgan fingerprint density at radius 3 is 2.89 bits per heavy atom. The Hall–Kier alpha value is -1.42. The molecule has 0 amide bonds. The van der Waals surface area contributed by atoms with Crippen LogP contribution in [-0.2, 0) is 19.4 Å². The van der Waals surface area contributed by atoms with Crippen molar-refractivity contribution in [2.24, 2.45) is 0 Å². The van der Waals surface area contributed by atoms with Gasteiger partial charge in [-0.2, -0.15) is 5.10 Å². The lowest BCUT2D eigenvalue weighted by atomic mass is 10.1. The van der Waals surface area contributed by atoms with Crippen LogP contribution in [0.4, 0.5) is 0 Å². The van der Waals surface area contributed by atoms with Crippen molar-refractivity contribution in [3.05, 3.63) is 28.7 Å². The van der Waals surface area contributed by atoms with Crippen LogP contribution in [-0.4, -0.2) is 19.7 Å². The molecule has 1 aliphatic carbocycles. The number of rotatable bonds is 2. The number of hydrogen-bond acceptors (Lipinski definition) is 3. The van der Waals surface area contributed by atoms with Crippen LogP contribution in [0.5, 0.6) is 0 Å². The number of hydrogen-bond donors (Lipinski definition) is 0. The highest BCUT2D eigenvalue weighted by atomic mass is 35.5. The Morgan fingerprint density at radius 1 is 1.21 bits per heavy atom. The van der Waals surface area contributed by atoms with Crippen LogP contribution >= 0.6 is 11.6 Å². The topological polar surface area (TPSA) is 43.6 Å². The molecule has 0 aromatic carbocycles. The molecule has 3 rings (SSSR count). The Bertz CT molecular complexity index is 591. The Kier molecular flexibility index (Phi) is 3.51. The van der Waals surface area contributed by atoms with Crippen molar-refractivity contribution in [1.82, 2.24) is 19.7 Å². The summed E-state index contributed by atoms with van der Waals surface area (Å²) in [4.78, 5) is 9.20. The summed E-state index contributed by atoms with van der Waals surface area (Å²) in [5, 5.41) is 4.88. The van der Waals surface area contributed by atoms with Gasteiger partial charge in [0.25, 0.3) is 0 Å². The van der Waals surface area contributed by atoms with Gasteiger partial charge in [-0.25, -0.2) is 9.97 Å². The van der Waals surface area contributed by atoms with Crippen molar-refractivity contribution in [1.29, 1.82) is 0 Å². The molecule has 0 radical (unpaired) electrons. The number of halogens is 1. The highest BCUT2D eigenvalue weighted by Gasteiger charge is 2.17. The average Bonchev–Trinajstić information content (AvgIpc) is 2.76. The third kappa shape index (κ3) is 2.37. The van der Waals surface area contributed by atoms with Gasteiger partial charge in [-0.05, 0) is 38.7 Å². The van der Waals surface area contributed by atoms with E-state index in [4.69, 9.17) is 16.6 Å². The summed E-state index contributed by atoms with van der Waals surface area (Å²) in [6.45, 7) is 2.86. The van der Waals surface area contributed by atoms with E-state index in [0.29, 0.717) is 11.0 Å². The normalized spacial score (nSPS) is 15.1. The molecule has 0 atom stereocenters. The second-order valence-electron chi connectivity index (χ2n) is 4.86. The molecular weight excluding hydrogens is 260 g/mol. The number of aryl methyl sites for hydroxylation is 2. The first-order chi connectivity index (χ1) is 9.29. The maximum atomic E-state index is 6.35. The highest BCUT2D eigenvalue weighted by Crippen LogP contribution is 2.27. The molecule has 19 heavy (non-hydrogen) atoms. The van der Waals surface area contributed by atoms with Crippen LogP contribution in [0.25, 0.3) is 11.5 Å². The smallest absolute Gasteiger partial charge is 0.179 e. The van der Waals surface area contributed by atoms with Gasteiger partial charge in [-0.1, -0.05) is 18.0 Å². The number of fused-ring (bicyclic) bond motifs is 1. The summed E-state index contributed by atoms with van der Waals surface area (Å²) >= 11 is 6.35. The third-order valence-corrected chi connectivity index (χ3v) is 3.94. The lowest BCUT2D eigenvalue weighted by Gasteiger charge is -2.10. The summed E-state index contributed by atoms with van der Waals surface area (Å²) in [6, 6.07) is 1.94. The zero-order chi connectivity index (χ0) is 13.2. The van der Waals surface area contributed by atoms with Gasteiger partial charge < -0.3 is 0 Å². The molecule has 2 aromatic heterocycles. The Balaban J connectivity index is 2.09. The first-order valence-corrected chi connectivity index (χ1v) is 7.25. The van der Waals surface area contributed by atoms with Gasteiger partial charge in [0.15, 0.2) is 5.82 Å². The zero-order valence-electron chi connectivity index (χ0n) is 11.1. The van der Waals surface area contributed by atoms with Crippen molar-refractivity contribution in [3.8, 4) is 11.5 Å². The van der Waals surface area contributed by atoms with Gasteiger partial charge in [0.2, 0.25) is 0 Å². The molecule has 0 spiro atoms. The van der Waals surface area contributed by atoms with Crippen molar-refractivity contribution >= 4 is 11.6 Å². The monoisotopic (exact) mass is 276 g/mol. The number of aromatic nitrogens is 4. The van der Waals surface area contributed by atoms with Gasteiger partial charge >= 0.3 is 0 Å². The molecule has 0 bridgehead atoms. The molecule has 5 heteroatoms. The SMILES string of the molecule is CCn1nccc1-c1nc(Cl)c2c(n1)CCCCC2. The first kappa shape index (κ1) is 12.6. The summed E-state index contributed by atoms with van der Waals surface area (Å²) in [5.74, 6) is 0.699. The third-order valence-electron chi connectivity index (χ3n) is 3.63. The standard InChI is InChI=1S/C14H17ClN4/c1-2-19-12(8-9-16-19)14-17-11-7-5-3-4-6-10(11)13(15)18-14/h8-9H,2-7H2,1H3. The van der Waals surface area contributed by atoms with Crippen molar-refractivity contribution in [2.45, 2.75) is 45.6 Å². The predicted molar refractivity (Wildman–Crippen MR) is 75.2 cm³/mol. The van der Waals surface area contributed by atoms with Crippen molar-refractivity contribution in [2.75, 3.05) is 0 Å².